The fourth-order valence-electron chi connectivity index (χ4n) is 7.66. The molecule has 0 aliphatic carbocycles. The highest BCUT2D eigenvalue weighted by Gasteiger charge is 2.17. The fraction of sp³-hybridized carbons (Fsp3) is 0.763. The predicted molar refractivity (Wildman–Crippen MR) is 279 cm³/mol. The Hall–Kier alpha value is -2.66. The van der Waals surface area contributed by atoms with Gasteiger partial charge in [0.25, 0.3) is 0 Å². The Morgan fingerprint density at radius 1 is 0.359 bits per heavy atom. The van der Waals surface area contributed by atoms with Crippen LogP contribution in [0.3, 0.4) is 0 Å². The SMILES string of the molecule is CC/C=C\C/C=C\C/C=C\C/C=C\C/C=C\CCCC(=O)OCC(COCCCCCCCC/C=C\CCCCCCCC)OC(=O)CCCCCCCCCCCCCCCCC. The van der Waals surface area contributed by atoms with Crippen LogP contribution in [0.2, 0.25) is 0 Å². The van der Waals surface area contributed by atoms with E-state index in [4.69, 9.17) is 14.2 Å². The maximum atomic E-state index is 12.8. The second kappa shape index (κ2) is 54.7. The molecule has 0 aromatic carbocycles. The summed E-state index contributed by atoms with van der Waals surface area (Å²) in [5.74, 6) is -0.459. The molecule has 1 atom stereocenters. The van der Waals surface area contributed by atoms with Crippen molar-refractivity contribution in [2.75, 3.05) is 19.8 Å². The summed E-state index contributed by atoms with van der Waals surface area (Å²) >= 11 is 0. The second-order valence-corrected chi connectivity index (χ2v) is 18.1. The third kappa shape index (κ3) is 52.0. The molecule has 0 aliphatic heterocycles. The van der Waals surface area contributed by atoms with Gasteiger partial charge in [-0.2, -0.15) is 0 Å². The number of unbranched alkanes of at least 4 members (excludes halogenated alkanes) is 27. The van der Waals surface area contributed by atoms with Gasteiger partial charge in [0.15, 0.2) is 6.10 Å². The van der Waals surface area contributed by atoms with Gasteiger partial charge in [0.1, 0.15) is 6.61 Å². The third-order valence-corrected chi connectivity index (χ3v) is 11.7. The summed E-state index contributed by atoms with van der Waals surface area (Å²) in [4.78, 5) is 25.4. The van der Waals surface area contributed by atoms with E-state index in [1.54, 1.807) is 0 Å². The van der Waals surface area contributed by atoms with Gasteiger partial charge < -0.3 is 14.2 Å². The smallest absolute Gasteiger partial charge is 0.306 e. The van der Waals surface area contributed by atoms with Gasteiger partial charge in [-0.15, -0.1) is 0 Å². The zero-order valence-corrected chi connectivity index (χ0v) is 42.5. The van der Waals surface area contributed by atoms with Gasteiger partial charge in [-0.05, 0) is 83.5 Å². The second-order valence-electron chi connectivity index (χ2n) is 18.1. The molecule has 5 heteroatoms. The van der Waals surface area contributed by atoms with Gasteiger partial charge in [-0.1, -0.05) is 241 Å². The summed E-state index contributed by atoms with van der Waals surface area (Å²) in [6.45, 7) is 7.67. The predicted octanol–water partition coefficient (Wildman–Crippen LogP) is 18.7. The fourth-order valence-corrected chi connectivity index (χ4v) is 7.66. The van der Waals surface area contributed by atoms with Gasteiger partial charge in [0, 0.05) is 19.4 Å². The molecular weight excluding hydrogens is 789 g/mol. The van der Waals surface area contributed by atoms with Gasteiger partial charge in [0.05, 0.1) is 6.61 Å². The summed E-state index contributed by atoms with van der Waals surface area (Å²) in [7, 11) is 0. The van der Waals surface area contributed by atoms with E-state index in [0.717, 1.165) is 70.6 Å². The number of ether oxygens (including phenoxy) is 3. The van der Waals surface area contributed by atoms with E-state index < -0.39 is 6.10 Å². The van der Waals surface area contributed by atoms with Gasteiger partial charge in [-0.25, -0.2) is 0 Å². The molecule has 0 bridgehead atoms. The number of allylic oxidation sites excluding steroid dienone is 12. The third-order valence-electron chi connectivity index (χ3n) is 11.7. The summed E-state index contributed by atoms with van der Waals surface area (Å²) in [5.41, 5.74) is 0. The Bertz CT molecular complexity index is 1150. The lowest BCUT2D eigenvalue weighted by Crippen LogP contribution is -2.30. The van der Waals surface area contributed by atoms with Gasteiger partial charge in [0.2, 0.25) is 0 Å². The lowest BCUT2D eigenvalue weighted by Gasteiger charge is -2.18. The first kappa shape index (κ1) is 61.3. The molecule has 0 aliphatic rings. The molecule has 0 heterocycles. The van der Waals surface area contributed by atoms with Crippen LogP contribution in [0.4, 0.5) is 0 Å². The zero-order valence-electron chi connectivity index (χ0n) is 42.5. The van der Waals surface area contributed by atoms with E-state index in [-0.39, 0.29) is 25.2 Å². The molecule has 1 unspecified atom stereocenters. The van der Waals surface area contributed by atoms with Crippen molar-refractivity contribution in [2.24, 2.45) is 0 Å². The van der Waals surface area contributed by atoms with Crippen molar-refractivity contribution in [3.63, 3.8) is 0 Å². The molecule has 0 radical (unpaired) electrons. The van der Waals surface area contributed by atoms with Crippen LogP contribution in [0.25, 0.3) is 0 Å². The van der Waals surface area contributed by atoms with Gasteiger partial charge >= 0.3 is 11.9 Å². The Morgan fingerprint density at radius 3 is 1.19 bits per heavy atom. The minimum atomic E-state index is -0.562. The summed E-state index contributed by atoms with van der Waals surface area (Å²) in [6.07, 6.45) is 70.6. The minimum Gasteiger partial charge on any atom is -0.462 e. The van der Waals surface area contributed by atoms with Crippen molar-refractivity contribution >= 4 is 11.9 Å². The highest BCUT2D eigenvalue weighted by molar-refractivity contribution is 5.70. The molecule has 0 saturated carbocycles. The molecule has 64 heavy (non-hydrogen) atoms. The van der Waals surface area contributed by atoms with Crippen molar-refractivity contribution in [3.8, 4) is 0 Å². The number of rotatable bonds is 50. The lowest BCUT2D eigenvalue weighted by molar-refractivity contribution is -0.163. The summed E-state index contributed by atoms with van der Waals surface area (Å²) < 4.78 is 17.4. The number of hydrogen-bond acceptors (Lipinski definition) is 5. The monoisotopic (exact) mass is 893 g/mol. The molecule has 0 aromatic heterocycles. The molecule has 0 aromatic rings. The molecule has 0 saturated heterocycles. The van der Waals surface area contributed by atoms with Crippen LogP contribution in [0, 0.1) is 0 Å². The molecule has 0 fully saturated rings. The van der Waals surface area contributed by atoms with E-state index in [1.165, 1.54) is 161 Å². The first-order valence-corrected chi connectivity index (χ1v) is 27.5. The van der Waals surface area contributed by atoms with Crippen molar-refractivity contribution in [1.82, 2.24) is 0 Å². The molecule has 0 N–H and O–H groups in total. The highest BCUT2D eigenvalue weighted by Crippen LogP contribution is 2.15. The van der Waals surface area contributed by atoms with Crippen molar-refractivity contribution in [1.29, 1.82) is 0 Å². The average molecular weight is 893 g/mol. The number of esters is 2. The Morgan fingerprint density at radius 2 is 0.719 bits per heavy atom. The normalized spacial score (nSPS) is 12.7. The minimum absolute atomic E-state index is 0.0541. The molecule has 370 valence electrons. The standard InChI is InChI=1S/C59H104O5/c1-4-7-10-13-16-19-22-25-28-30-32-34-37-40-43-46-49-52-58(60)63-56-57(55-62-54-51-48-45-42-39-36-33-29-26-23-20-17-14-11-8-5-2)64-59(61)53-50-47-44-41-38-35-31-27-24-21-18-15-12-9-6-3/h7,10,16,19,25-26,28-29,32,34,40,43,57H,4-6,8-9,11-15,17-18,20-24,27,30-31,33,35-39,41-42,44-56H2,1-3H3/b10-7-,19-16-,28-25-,29-26-,34-32-,43-40-. The largest absolute Gasteiger partial charge is 0.462 e. The van der Waals surface area contributed by atoms with E-state index in [1.807, 2.05) is 0 Å². The maximum absolute atomic E-state index is 12.8. The van der Waals surface area contributed by atoms with E-state index in [0.29, 0.717) is 19.4 Å². The van der Waals surface area contributed by atoms with Crippen molar-refractivity contribution < 1.29 is 23.8 Å². The number of hydrogen-bond donors (Lipinski definition) is 0. The van der Waals surface area contributed by atoms with E-state index in [2.05, 4.69) is 93.7 Å². The number of carbonyl (C=O) groups excluding carboxylic acids is 2. The molecule has 0 rings (SSSR count). The molecule has 0 spiro atoms. The molecule has 0 amide bonds. The van der Waals surface area contributed by atoms with Crippen LogP contribution >= 0.6 is 0 Å². The number of carbonyl (C=O) groups is 2. The summed E-state index contributed by atoms with van der Waals surface area (Å²) in [5, 5.41) is 0. The molecular formula is C59H104O5. The van der Waals surface area contributed by atoms with Crippen molar-refractivity contribution in [2.45, 2.75) is 271 Å². The summed E-state index contributed by atoms with van der Waals surface area (Å²) in [6, 6.07) is 0. The highest BCUT2D eigenvalue weighted by atomic mass is 16.6. The first-order chi connectivity index (χ1) is 31.6. The first-order valence-electron chi connectivity index (χ1n) is 27.5. The van der Waals surface area contributed by atoms with Crippen LogP contribution in [0.15, 0.2) is 72.9 Å². The zero-order chi connectivity index (χ0) is 46.3. The van der Waals surface area contributed by atoms with Gasteiger partial charge in [-0.3, -0.25) is 9.59 Å². The topological polar surface area (TPSA) is 61.8 Å². The average Bonchev–Trinajstić information content (AvgIpc) is 3.30. The lowest BCUT2D eigenvalue weighted by atomic mass is 10.0. The van der Waals surface area contributed by atoms with Crippen LogP contribution in [0.5, 0.6) is 0 Å². The molecule has 5 nitrogen and oxygen atoms in total. The van der Waals surface area contributed by atoms with Crippen LogP contribution in [-0.4, -0.2) is 37.9 Å². The van der Waals surface area contributed by atoms with E-state index >= 15 is 0 Å². The van der Waals surface area contributed by atoms with Crippen LogP contribution < -0.4 is 0 Å². The van der Waals surface area contributed by atoms with Crippen LogP contribution in [-0.2, 0) is 23.8 Å². The van der Waals surface area contributed by atoms with E-state index in [9.17, 15) is 9.59 Å². The Balaban J connectivity index is 4.36. The Kier molecular flexibility index (Phi) is 52.4. The Labute approximate surface area is 397 Å². The van der Waals surface area contributed by atoms with Crippen molar-refractivity contribution in [3.05, 3.63) is 72.9 Å². The quantitative estimate of drug-likeness (QED) is 0.0346. The van der Waals surface area contributed by atoms with Crippen LogP contribution in [0.1, 0.15) is 265 Å². The maximum Gasteiger partial charge on any atom is 0.306 e.